The number of aromatic nitrogens is 4. The van der Waals surface area contributed by atoms with Gasteiger partial charge in [0.25, 0.3) is 0 Å². The number of benzene rings is 7. The molecule has 0 unspecified atom stereocenters. The van der Waals surface area contributed by atoms with Gasteiger partial charge in [-0.25, -0.2) is 15.0 Å². The Morgan fingerprint density at radius 1 is 0.481 bits per heavy atom. The number of furan rings is 1. The summed E-state index contributed by atoms with van der Waals surface area (Å²) >= 11 is 0. The molecule has 3 aromatic heterocycles. The fraction of sp³-hybridized carbons (Fsp3) is 0.0816. The van der Waals surface area contributed by atoms with Crippen LogP contribution in [0, 0.1) is 0 Å². The zero-order valence-electron chi connectivity index (χ0n) is 29.9. The third-order valence-corrected chi connectivity index (χ3v) is 10.4. The van der Waals surface area contributed by atoms with E-state index in [0.717, 1.165) is 72.7 Å². The molecule has 0 radical (unpaired) electrons. The maximum absolute atomic E-state index is 6.74. The highest BCUT2D eigenvalue weighted by atomic mass is 16.3. The molecule has 0 aliphatic carbocycles. The van der Waals surface area contributed by atoms with E-state index in [1.807, 2.05) is 36.4 Å². The van der Waals surface area contributed by atoms with E-state index in [4.69, 9.17) is 19.4 Å². The second kappa shape index (κ2) is 13.3. The zero-order valence-corrected chi connectivity index (χ0v) is 29.9. The molecule has 5 nitrogen and oxygen atoms in total. The van der Waals surface area contributed by atoms with Crippen LogP contribution >= 0.6 is 0 Å². The molecule has 7 aromatic carbocycles. The van der Waals surface area contributed by atoms with Gasteiger partial charge in [0.1, 0.15) is 5.58 Å². The van der Waals surface area contributed by atoms with Crippen molar-refractivity contribution < 1.29 is 4.42 Å². The van der Waals surface area contributed by atoms with Crippen LogP contribution < -0.4 is 0 Å². The smallest absolute Gasteiger partial charge is 0.164 e. The van der Waals surface area contributed by atoms with Crippen molar-refractivity contribution in [3.05, 3.63) is 169 Å². The van der Waals surface area contributed by atoms with Crippen molar-refractivity contribution in [2.75, 3.05) is 0 Å². The molecule has 0 spiro atoms. The van der Waals surface area contributed by atoms with Crippen molar-refractivity contribution in [1.82, 2.24) is 19.5 Å². The molecule has 0 N–H and O–H groups in total. The fourth-order valence-electron chi connectivity index (χ4n) is 7.71. The lowest BCUT2D eigenvalue weighted by Crippen LogP contribution is -2.01. The third-order valence-electron chi connectivity index (χ3n) is 10.4. The van der Waals surface area contributed by atoms with Crippen LogP contribution in [0.5, 0.6) is 0 Å². The van der Waals surface area contributed by atoms with Gasteiger partial charge in [0.2, 0.25) is 0 Å². The number of nitrogens with zero attached hydrogens (tertiary/aromatic N) is 4. The number of hydrogen-bond acceptors (Lipinski definition) is 4. The molecule has 0 bridgehead atoms. The Morgan fingerprint density at radius 3 is 1.85 bits per heavy atom. The molecule has 0 aliphatic rings. The summed E-state index contributed by atoms with van der Waals surface area (Å²) in [6, 6.07) is 57.2. The molecule has 0 aliphatic heterocycles. The van der Waals surface area contributed by atoms with E-state index in [1.165, 1.54) is 29.4 Å². The van der Waals surface area contributed by atoms with Gasteiger partial charge >= 0.3 is 0 Å². The van der Waals surface area contributed by atoms with Gasteiger partial charge in [-0.2, -0.15) is 0 Å². The normalized spacial score (nSPS) is 11.6. The minimum absolute atomic E-state index is 0.613. The summed E-state index contributed by atoms with van der Waals surface area (Å²) in [5.74, 6) is 1.87. The highest BCUT2D eigenvalue weighted by molar-refractivity contribution is 6.21. The topological polar surface area (TPSA) is 56.7 Å². The lowest BCUT2D eigenvalue weighted by atomic mass is 10.0. The van der Waals surface area contributed by atoms with Crippen LogP contribution in [0.4, 0.5) is 0 Å². The largest absolute Gasteiger partial charge is 0.454 e. The number of rotatable bonds is 8. The first-order valence-electron chi connectivity index (χ1n) is 18.7. The number of fused-ring (bicyclic) bond motifs is 7. The van der Waals surface area contributed by atoms with E-state index in [0.29, 0.717) is 17.5 Å². The van der Waals surface area contributed by atoms with Gasteiger partial charge < -0.3 is 8.98 Å². The average Bonchev–Trinajstić information content (AvgIpc) is 3.79. The summed E-state index contributed by atoms with van der Waals surface area (Å²) in [5, 5.41) is 4.62. The van der Waals surface area contributed by atoms with Crippen molar-refractivity contribution in [3.63, 3.8) is 0 Å². The van der Waals surface area contributed by atoms with E-state index in [-0.39, 0.29) is 0 Å². The zero-order chi connectivity index (χ0) is 36.0. The van der Waals surface area contributed by atoms with Crippen LogP contribution in [0.2, 0.25) is 0 Å². The van der Waals surface area contributed by atoms with E-state index in [1.54, 1.807) is 0 Å². The van der Waals surface area contributed by atoms with Gasteiger partial charge in [-0.1, -0.05) is 141 Å². The van der Waals surface area contributed by atoms with E-state index in [9.17, 15) is 0 Å². The molecule has 0 saturated heterocycles. The molecule has 54 heavy (non-hydrogen) atoms. The molecule has 0 atom stereocenters. The van der Waals surface area contributed by atoms with E-state index >= 15 is 0 Å². The standard InChI is InChI=1S/C49H36N4O/c1-2-3-13-32-22-29-44-42(30-32)41-28-27-40-39-20-10-11-21-43(39)53(45(40)46(41)54-44)38-19-12-18-37(31-38)49-51-47(35-16-8-5-9-17-35)50-48(52-49)36-25-23-34(24-26-36)33-14-6-4-7-15-33/h4-12,14-31H,2-3,13H2,1H3. The summed E-state index contributed by atoms with van der Waals surface area (Å²) in [4.78, 5) is 15.2. The SMILES string of the molecule is CCCCc1ccc2oc3c(ccc4c5ccccc5n(-c5cccc(-c6nc(-c7ccccc7)nc(-c7ccc(-c8ccccc8)cc7)n6)c5)c43)c2c1. The second-order valence-corrected chi connectivity index (χ2v) is 13.9. The van der Waals surface area contributed by atoms with Gasteiger partial charge in [0, 0.05) is 43.9 Å². The van der Waals surface area contributed by atoms with Crippen LogP contribution in [0.25, 0.3) is 94.7 Å². The van der Waals surface area contributed by atoms with Gasteiger partial charge in [0.05, 0.1) is 11.0 Å². The van der Waals surface area contributed by atoms with Crippen LogP contribution in [0.15, 0.2) is 168 Å². The molecule has 3 heterocycles. The molecule has 5 heteroatoms. The maximum atomic E-state index is 6.74. The van der Waals surface area contributed by atoms with Crippen LogP contribution in [0.3, 0.4) is 0 Å². The minimum Gasteiger partial charge on any atom is -0.454 e. The first kappa shape index (κ1) is 31.9. The van der Waals surface area contributed by atoms with Gasteiger partial charge in [-0.05, 0) is 65.9 Å². The van der Waals surface area contributed by atoms with Crippen LogP contribution in [-0.2, 0) is 6.42 Å². The Hall–Kier alpha value is -6.85. The summed E-state index contributed by atoms with van der Waals surface area (Å²) in [6.45, 7) is 2.24. The van der Waals surface area contributed by atoms with Crippen molar-refractivity contribution in [1.29, 1.82) is 0 Å². The molecule has 10 rings (SSSR count). The molecule has 258 valence electrons. The molecule has 0 fully saturated rings. The Labute approximate surface area is 313 Å². The number of unbranched alkanes of at least 4 members (excludes halogenated alkanes) is 1. The predicted octanol–water partition coefficient (Wildman–Crippen LogP) is 12.9. The fourth-order valence-corrected chi connectivity index (χ4v) is 7.71. The van der Waals surface area contributed by atoms with Crippen molar-refractivity contribution in [2.45, 2.75) is 26.2 Å². The monoisotopic (exact) mass is 696 g/mol. The third kappa shape index (κ3) is 5.53. The van der Waals surface area contributed by atoms with Crippen LogP contribution in [0.1, 0.15) is 25.3 Å². The Bertz CT molecular complexity index is 2960. The number of aryl methyl sites for hydroxylation is 1. The molecule has 10 aromatic rings. The Balaban J connectivity index is 1.14. The lowest BCUT2D eigenvalue weighted by molar-refractivity contribution is 0.670. The van der Waals surface area contributed by atoms with Crippen molar-refractivity contribution in [3.8, 4) is 51.0 Å². The Kier molecular flexibility index (Phi) is 7.84. The molecular formula is C49H36N4O. The highest BCUT2D eigenvalue weighted by Crippen LogP contribution is 2.41. The van der Waals surface area contributed by atoms with E-state index in [2.05, 4.69) is 139 Å². The second-order valence-electron chi connectivity index (χ2n) is 13.9. The molecule has 0 saturated carbocycles. The summed E-state index contributed by atoms with van der Waals surface area (Å²) < 4.78 is 9.08. The van der Waals surface area contributed by atoms with Gasteiger partial charge in [-0.15, -0.1) is 0 Å². The Morgan fingerprint density at radius 2 is 1.09 bits per heavy atom. The number of para-hydroxylation sites is 1. The average molecular weight is 697 g/mol. The highest BCUT2D eigenvalue weighted by Gasteiger charge is 2.20. The first-order chi connectivity index (χ1) is 26.7. The number of hydrogen-bond donors (Lipinski definition) is 0. The van der Waals surface area contributed by atoms with E-state index < -0.39 is 0 Å². The van der Waals surface area contributed by atoms with Crippen molar-refractivity contribution >= 4 is 43.7 Å². The first-order valence-corrected chi connectivity index (χ1v) is 18.7. The molecular weight excluding hydrogens is 661 g/mol. The van der Waals surface area contributed by atoms with Crippen molar-refractivity contribution in [2.24, 2.45) is 0 Å². The predicted molar refractivity (Wildman–Crippen MR) is 222 cm³/mol. The van der Waals surface area contributed by atoms with Gasteiger partial charge in [0.15, 0.2) is 23.1 Å². The maximum Gasteiger partial charge on any atom is 0.164 e. The summed E-state index contributed by atoms with van der Waals surface area (Å²) in [7, 11) is 0. The van der Waals surface area contributed by atoms with Gasteiger partial charge in [-0.3, -0.25) is 0 Å². The van der Waals surface area contributed by atoms with Crippen LogP contribution in [-0.4, -0.2) is 19.5 Å². The summed E-state index contributed by atoms with van der Waals surface area (Å²) in [6.07, 6.45) is 3.41. The quantitative estimate of drug-likeness (QED) is 0.159. The minimum atomic E-state index is 0.613. The molecule has 0 amide bonds. The lowest BCUT2D eigenvalue weighted by Gasteiger charge is -2.12. The summed E-state index contributed by atoms with van der Waals surface area (Å²) in [5.41, 5.74) is 11.4.